The van der Waals surface area contributed by atoms with Gasteiger partial charge in [-0.1, -0.05) is 0 Å². The lowest BCUT2D eigenvalue weighted by molar-refractivity contribution is -0.129. The summed E-state index contributed by atoms with van der Waals surface area (Å²) in [5.74, 6) is 0. The van der Waals surface area contributed by atoms with Gasteiger partial charge < -0.3 is 0 Å². The van der Waals surface area contributed by atoms with E-state index < -0.39 is 12.6 Å². The molecule has 0 aliphatic carbocycles. The molecule has 0 spiro atoms. The first kappa shape index (κ1) is 7.22. The van der Waals surface area contributed by atoms with Gasteiger partial charge in [-0.15, -0.1) is 9.24 Å². The van der Waals surface area contributed by atoms with Crippen LogP contribution in [0.15, 0.2) is 0 Å². The molecule has 1 unspecified atom stereocenters. The Labute approximate surface area is 42.3 Å². The van der Waals surface area contributed by atoms with Crippen molar-refractivity contribution in [3.63, 3.8) is 0 Å². The Hall–Kier alpha value is 0.220. The van der Waals surface area contributed by atoms with Crippen LogP contribution < -0.4 is 0 Å². The Morgan fingerprint density at radius 1 is 1.29 bits per heavy atom. The molecule has 0 aliphatic rings. The number of hydrogen-bond donors (Lipinski definition) is 0. The first-order valence-corrected chi connectivity index (χ1v) is 2.65. The summed E-state index contributed by atoms with van der Waals surface area (Å²) in [6, 6.07) is 0. The molecule has 0 N–H and O–H groups in total. The summed E-state index contributed by atoms with van der Waals surface area (Å²) in [5.41, 5.74) is 0. The molecule has 0 radical (unpaired) electrons. The number of hydrogen-bond acceptors (Lipinski definition) is 0. The average molecular weight is 130 g/mol. The van der Waals surface area contributed by atoms with Gasteiger partial charge in [-0.25, -0.2) is 0 Å². The molecule has 4 heteroatoms. The third-order valence-electron chi connectivity index (χ3n) is 0.428. The maximum atomic E-state index is 11.0. The van der Waals surface area contributed by atoms with Gasteiger partial charge in [0.2, 0.25) is 0 Å². The normalized spacial score (nSPS) is 12.0. The second-order valence-electron chi connectivity index (χ2n) is 1.15. The number of alkyl halides is 3. The predicted octanol–water partition coefficient (Wildman–Crippen LogP) is 1.81. The van der Waals surface area contributed by atoms with Crippen molar-refractivity contribution in [3.05, 3.63) is 0 Å². The third-order valence-corrected chi connectivity index (χ3v) is 0.716. The van der Waals surface area contributed by atoms with E-state index >= 15 is 0 Å². The second-order valence-corrected chi connectivity index (χ2v) is 1.73. The molecule has 0 aromatic carbocycles. The van der Waals surface area contributed by atoms with Crippen LogP contribution in [0.25, 0.3) is 0 Å². The standard InChI is InChI=1S/C3H6F3P/c4-3(5,6)1-2-7/h1-2,7H2. The smallest absolute Gasteiger partial charge is 0.171 e. The van der Waals surface area contributed by atoms with E-state index in [1.54, 1.807) is 0 Å². The van der Waals surface area contributed by atoms with Crippen LogP contribution in [-0.2, 0) is 0 Å². The fraction of sp³-hybridized carbons (Fsp3) is 1.00. The summed E-state index contributed by atoms with van der Waals surface area (Å²) < 4.78 is 33.1. The van der Waals surface area contributed by atoms with Crippen LogP contribution in [0.4, 0.5) is 13.2 Å². The molecule has 0 saturated heterocycles. The first-order chi connectivity index (χ1) is 3.06. The molecule has 0 amide bonds. The molecule has 1 atom stereocenters. The molecular formula is C3H6F3P. The summed E-state index contributed by atoms with van der Waals surface area (Å²) in [5, 5.41) is 0. The fourth-order valence-electron chi connectivity index (χ4n) is 0.164. The lowest BCUT2D eigenvalue weighted by atomic mass is 10.5. The molecule has 0 saturated carbocycles. The fourth-order valence-corrected chi connectivity index (χ4v) is 0.491. The van der Waals surface area contributed by atoms with Crippen molar-refractivity contribution in [1.82, 2.24) is 0 Å². The Morgan fingerprint density at radius 3 is 1.71 bits per heavy atom. The molecule has 0 aromatic rings. The highest BCUT2D eigenvalue weighted by atomic mass is 31.0. The van der Waals surface area contributed by atoms with Gasteiger partial charge in [0.25, 0.3) is 0 Å². The molecule has 0 rings (SSSR count). The van der Waals surface area contributed by atoms with E-state index in [1.807, 2.05) is 9.24 Å². The Balaban J connectivity index is 3.15. The van der Waals surface area contributed by atoms with Crippen LogP contribution in [0.5, 0.6) is 0 Å². The number of halogens is 3. The molecule has 0 aliphatic heterocycles. The SMILES string of the molecule is FC(F)(F)CCP. The van der Waals surface area contributed by atoms with E-state index in [-0.39, 0.29) is 6.16 Å². The van der Waals surface area contributed by atoms with Gasteiger partial charge >= 0.3 is 6.18 Å². The van der Waals surface area contributed by atoms with Gasteiger partial charge in [-0.05, 0) is 6.16 Å². The van der Waals surface area contributed by atoms with Crippen LogP contribution >= 0.6 is 9.24 Å². The van der Waals surface area contributed by atoms with Gasteiger partial charge in [0, 0.05) is 6.42 Å². The summed E-state index contributed by atoms with van der Waals surface area (Å²) in [7, 11) is 2.02. The zero-order chi connectivity index (χ0) is 5.91. The lowest BCUT2D eigenvalue weighted by Gasteiger charge is -2.00. The van der Waals surface area contributed by atoms with E-state index in [1.165, 1.54) is 0 Å². The minimum absolute atomic E-state index is 0.101. The quantitative estimate of drug-likeness (QED) is 0.475. The van der Waals surface area contributed by atoms with Crippen LogP contribution in [-0.4, -0.2) is 12.3 Å². The van der Waals surface area contributed by atoms with Crippen LogP contribution in [0, 0.1) is 0 Å². The Morgan fingerprint density at radius 2 is 1.71 bits per heavy atom. The van der Waals surface area contributed by atoms with Crippen LogP contribution in [0.2, 0.25) is 0 Å². The van der Waals surface area contributed by atoms with Crippen molar-refractivity contribution in [2.24, 2.45) is 0 Å². The van der Waals surface area contributed by atoms with Gasteiger partial charge in [0.05, 0.1) is 0 Å². The average Bonchev–Trinajstić information content (AvgIpc) is 1.30. The monoisotopic (exact) mass is 130 g/mol. The van der Waals surface area contributed by atoms with Crippen molar-refractivity contribution in [2.45, 2.75) is 12.6 Å². The highest BCUT2D eigenvalue weighted by Crippen LogP contribution is 2.19. The topological polar surface area (TPSA) is 0 Å². The minimum atomic E-state index is -3.97. The Bertz CT molecular complexity index is 48.6. The van der Waals surface area contributed by atoms with E-state index in [2.05, 4.69) is 0 Å². The molecule has 0 bridgehead atoms. The lowest BCUT2D eigenvalue weighted by Crippen LogP contribution is -2.06. The maximum Gasteiger partial charge on any atom is 0.389 e. The van der Waals surface area contributed by atoms with E-state index in [0.717, 1.165) is 0 Å². The second kappa shape index (κ2) is 2.51. The van der Waals surface area contributed by atoms with E-state index in [4.69, 9.17) is 0 Å². The van der Waals surface area contributed by atoms with Gasteiger partial charge in [0.15, 0.2) is 0 Å². The van der Waals surface area contributed by atoms with E-state index in [0.29, 0.717) is 0 Å². The first-order valence-electron chi connectivity index (χ1n) is 1.83. The zero-order valence-electron chi connectivity index (χ0n) is 3.63. The maximum absolute atomic E-state index is 11.0. The van der Waals surface area contributed by atoms with Crippen molar-refractivity contribution in [2.75, 3.05) is 6.16 Å². The Kier molecular flexibility index (Phi) is 2.59. The highest BCUT2D eigenvalue weighted by Gasteiger charge is 2.24. The van der Waals surface area contributed by atoms with Crippen molar-refractivity contribution < 1.29 is 13.2 Å². The molecule has 0 fully saturated rings. The van der Waals surface area contributed by atoms with Crippen LogP contribution in [0.3, 0.4) is 0 Å². The molecule has 7 heavy (non-hydrogen) atoms. The van der Waals surface area contributed by atoms with Crippen molar-refractivity contribution >= 4 is 9.24 Å². The van der Waals surface area contributed by atoms with Crippen molar-refractivity contribution in [1.29, 1.82) is 0 Å². The third kappa shape index (κ3) is 6.22. The van der Waals surface area contributed by atoms with Crippen molar-refractivity contribution in [3.8, 4) is 0 Å². The zero-order valence-corrected chi connectivity index (χ0v) is 4.78. The predicted molar refractivity (Wildman–Crippen MR) is 25.2 cm³/mol. The van der Waals surface area contributed by atoms with Gasteiger partial charge in [-0.3, -0.25) is 0 Å². The summed E-state index contributed by atoms with van der Waals surface area (Å²) >= 11 is 0. The van der Waals surface area contributed by atoms with E-state index in [9.17, 15) is 13.2 Å². The molecule has 0 aromatic heterocycles. The highest BCUT2D eigenvalue weighted by molar-refractivity contribution is 7.16. The number of rotatable bonds is 1. The molecule has 0 nitrogen and oxygen atoms in total. The summed E-state index contributed by atoms with van der Waals surface area (Å²) in [6.45, 7) is 0. The van der Waals surface area contributed by atoms with Gasteiger partial charge in [0.1, 0.15) is 0 Å². The summed E-state index contributed by atoms with van der Waals surface area (Å²) in [6.07, 6.45) is -4.57. The minimum Gasteiger partial charge on any atom is -0.171 e. The molecule has 44 valence electrons. The molecular weight excluding hydrogens is 124 g/mol. The van der Waals surface area contributed by atoms with Crippen LogP contribution in [0.1, 0.15) is 6.42 Å². The largest absolute Gasteiger partial charge is 0.389 e. The molecule has 0 heterocycles. The summed E-state index contributed by atoms with van der Waals surface area (Å²) in [4.78, 5) is 0. The van der Waals surface area contributed by atoms with Gasteiger partial charge in [-0.2, -0.15) is 13.2 Å².